The van der Waals surface area contributed by atoms with Gasteiger partial charge in [0, 0.05) is 11.8 Å². The SMILES string of the molecule is COc1c(C(=O)CC(C)C)c(=O)[nH]c2ccccc12. The van der Waals surface area contributed by atoms with Gasteiger partial charge in [-0.3, -0.25) is 9.59 Å². The number of nitrogens with one attached hydrogen (secondary N) is 1. The van der Waals surface area contributed by atoms with Crippen molar-refractivity contribution in [1.82, 2.24) is 4.98 Å². The van der Waals surface area contributed by atoms with Gasteiger partial charge in [0.15, 0.2) is 5.78 Å². The number of carbonyl (C=O) groups excluding carboxylic acids is 1. The van der Waals surface area contributed by atoms with Gasteiger partial charge in [-0.25, -0.2) is 0 Å². The number of fused-ring (bicyclic) bond motifs is 1. The van der Waals surface area contributed by atoms with E-state index in [0.717, 1.165) is 5.39 Å². The number of pyridine rings is 1. The largest absolute Gasteiger partial charge is 0.495 e. The summed E-state index contributed by atoms with van der Waals surface area (Å²) >= 11 is 0. The highest BCUT2D eigenvalue weighted by molar-refractivity contribution is 6.03. The molecule has 4 heteroatoms. The van der Waals surface area contributed by atoms with E-state index in [1.807, 2.05) is 32.0 Å². The molecule has 1 aromatic carbocycles. The number of hydrogen-bond acceptors (Lipinski definition) is 3. The Morgan fingerprint density at radius 3 is 2.63 bits per heavy atom. The molecule has 0 amide bonds. The maximum atomic E-state index is 12.2. The minimum absolute atomic E-state index is 0.120. The third-order valence-electron chi connectivity index (χ3n) is 2.95. The van der Waals surface area contributed by atoms with Crippen LogP contribution in [0.1, 0.15) is 30.6 Å². The summed E-state index contributed by atoms with van der Waals surface area (Å²) in [6, 6.07) is 7.29. The lowest BCUT2D eigenvalue weighted by atomic mass is 10.00. The molecule has 1 heterocycles. The number of H-pyrrole nitrogens is 1. The van der Waals surface area contributed by atoms with Crippen LogP contribution in [0.4, 0.5) is 0 Å². The van der Waals surface area contributed by atoms with Crippen LogP contribution in [0.2, 0.25) is 0 Å². The zero-order chi connectivity index (χ0) is 14.0. The second-order valence-electron chi connectivity index (χ2n) is 4.93. The molecule has 0 aliphatic rings. The van der Waals surface area contributed by atoms with E-state index in [-0.39, 0.29) is 22.8 Å². The van der Waals surface area contributed by atoms with Crippen LogP contribution in [0.3, 0.4) is 0 Å². The highest BCUT2D eigenvalue weighted by atomic mass is 16.5. The monoisotopic (exact) mass is 259 g/mol. The van der Waals surface area contributed by atoms with Crippen LogP contribution in [0.25, 0.3) is 10.9 Å². The summed E-state index contributed by atoms with van der Waals surface area (Å²) in [5.41, 5.74) is 0.404. The van der Waals surface area contributed by atoms with Crippen LogP contribution >= 0.6 is 0 Å². The van der Waals surface area contributed by atoms with E-state index in [0.29, 0.717) is 17.7 Å². The van der Waals surface area contributed by atoms with Crippen molar-refractivity contribution >= 4 is 16.7 Å². The van der Waals surface area contributed by atoms with Gasteiger partial charge in [0.05, 0.1) is 12.6 Å². The molecule has 0 saturated heterocycles. The highest BCUT2D eigenvalue weighted by Crippen LogP contribution is 2.27. The lowest BCUT2D eigenvalue weighted by Crippen LogP contribution is -2.20. The van der Waals surface area contributed by atoms with Gasteiger partial charge in [-0.15, -0.1) is 0 Å². The van der Waals surface area contributed by atoms with E-state index in [1.54, 1.807) is 6.07 Å². The first kappa shape index (κ1) is 13.3. The lowest BCUT2D eigenvalue weighted by Gasteiger charge is -2.11. The molecule has 2 rings (SSSR count). The molecule has 0 saturated carbocycles. The standard InChI is InChI=1S/C15H17NO3/c1-9(2)8-12(17)13-14(19-3)10-6-4-5-7-11(10)16-15(13)18/h4-7,9H,8H2,1-3H3,(H,16,18). The van der Waals surface area contributed by atoms with E-state index >= 15 is 0 Å². The first-order chi connectivity index (χ1) is 9.04. The first-order valence-corrected chi connectivity index (χ1v) is 6.26. The van der Waals surface area contributed by atoms with Gasteiger partial charge >= 0.3 is 0 Å². The van der Waals surface area contributed by atoms with Gasteiger partial charge in [0.1, 0.15) is 11.3 Å². The molecule has 2 aromatic rings. The predicted octanol–water partition coefficient (Wildman–Crippen LogP) is 2.77. The minimum Gasteiger partial charge on any atom is -0.495 e. The Hall–Kier alpha value is -2.10. The number of para-hydroxylation sites is 1. The van der Waals surface area contributed by atoms with Gasteiger partial charge in [0.2, 0.25) is 0 Å². The number of methoxy groups -OCH3 is 1. The van der Waals surface area contributed by atoms with Gasteiger partial charge in [0.25, 0.3) is 5.56 Å². The number of hydrogen-bond donors (Lipinski definition) is 1. The molecule has 0 spiro atoms. The summed E-state index contributed by atoms with van der Waals surface area (Å²) in [6.07, 6.45) is 0.331. The number of Topliss-reactive ketones (excluding diaryl/α,β-unsaturated/α-hetero) is 1. The summed E-state index contributed by atoms with van der Waals surface area (Å²) in [4.78, 5) is 27.0. The number of aromatic nitrogens is 1. The van der Waals surface area contributed by atoms with E-state index in [2.05, 4.69) is 4.98 Å². The molecule has 19 heavy (non-hydrogen) atoms. The van der Waals surface area contributed by atoms with Crippen molar-refractivity contribution in [2.24, 2.45) is 5.92 Å². The number of rotatable bonds is 4. The van der Waals surface area contributed by atoms with E-state index < -0.39 is 0 Å². The highest BCUT2D eigenvalue weighted by Gasteiger charge is 2.20. The Labute approximate surface area is 111 Å². The van der Waals surface area contributed by atoms with Crippen molar-refractivity contribution in [1.29, 1.82) is 0 Å². The molecular weight excluding hydrogens is 242 g/mol. The number of benzene rings is 1. The molecule has 4 nitrogen and oxygen atoms in total. The van der Waals surface area contributed by atoms with Crippen LogP contribution in [0.5, 0.6) is 5.75 Å². The zero-order valence-electron chi connectivity index (χ0n) is 11.3. The van der Waals surface area contributed by atoms with Gasteiger partial charge in [-0.2, -0.15) is 0 Å². The summed E-state index contributed by atoms with van der Waals surface area (Å²) < 4.78 is 5.30. The van der Waals surface area contributed by atoms with Crippen LogP contribution < -0.4 is 10.3 Å². The summed E-state index contributed by atoms with van der Waals surface area (Å²) in [6.45, 7) is 3.89. The van der Waals surface area contributed by atoms with Gasteiger partial charge in [-0.1, -0.05) is 26.0 Å². The van der Waals surface area contributed by atoms with Crippen molar-refractivity contribution in [3.8, 4) is 5.75 Å². The summed E-state index contributed by atoms with van der Waals surface area (Å²) in [5.74, 6) is 0.381. The van der Waals surface area contributed by atoms with Crippen molar-refractivity contribution in [2.75, 3.05) is 7.11 Å². The van der Waals surface area contributed by atoms with Gasteiger partial charge < -0.3 is 9.72 Å². The van der Waals surface area contributed by atoms with Crippen LogP contribution in [-0.4, -0.2) is 17.9 Å². The Balaban J connectivity index is 2.69. The summed E-state index contributed by atoms with van der Waals surface area (Å²) in [5, 5.41) is 0.747. The molecule has 0 unspecified atom stereocenters. The number of aromatic amines is 1. The van der Waals surface area contributed by atoms with E-state index in [9.17, 15) is 9.59 Å². The molecule has 100 valence electrons. The van der Waals surface area contributed by atoms with E-state index in [1.165, 1.54) is 7.11 Å². The quantitative estimate of drug-likeness (QED) is 0.859. The zero-order valence-corrected chi connectivity index (χ0v) is 11.3. The third kappa shape index (κ3) is 2.52. The molecular formula is C15H17NO3. The summed E-state index contributed by atoms with van der Waals surface area (Å²) in [7, 11) is 1.48. The average Bonchev–Trinajstić information content (AvgIpc) is 2.35. The predicted molar refractivity (Wildman–Crippen MR) is 74.9 cm³/mol. The topological polar surface area (TPSA) is 59.2 Å². The average molecular weight is 259 g/mol. The Morgan fingerprint density at radius 2 is 2.00 bits per heavy atom. The maximum absolute atomic E-state index is 12.2. The molecule has 0 atom stereocenters. The fourth-order valence-electron chi connectivity index (χ4n) is 2.15. The molecule has 0 fully saturated rings. The number of carbonyl (C=O) groups is 1. The fourth-order valence-corrected chi connectivity index (χ4v) is 2.15. The van der Waals surface area contributed by atoms with E-state index in [4.69, 9.17) is 4.74 Å². The Morgan fingerprint density at radius 1 is 1.32 bits per heavy atom. The van der Waals surface area contributed by atoms with Crippen molar-refractivity contribution in [3.05, 3.63) is 40.2 Å². The number of ether oxygens (including phenoxy) is 1. The molecule has 0 radical (unpaired) electrons. The van der Waals surface area contributed by atoms with Crippen molar-refractivity contribution in [3.63, 3.8) is 0 Å². The Kier molecular flexibility index (Phi) is 3.69. The molecule has 1 N–H and O–H groups in total. The molecule has 0 aliphatic carbocycles. The lowest BCUT2D eigenvalue weighted by molar-refractivity contribution is 0.0963. The van der Waals surface area contributed by atoms with Crippen LogP contribution in [0.15, 0.2) is 29.1 Å². The van der Waals surface area contributed by atoms with Crippen LogP contribution in [-0.2, 0) is 0 Å². The third-order valence-corrected chi connectivity index (χ3v) is 2.95. The number of ketones is 1. The second-order valence-corrected chi connectivity index (χ2v) is 4.93. The smallest absolute Gasteiger partial charge is 0.263 e. The first-order valence-electron chi connectivity index (χ1n) is 6.26. The van der Waals surface area contributed by atoms with Crippen molar-refractivity contribution in [2.45, 2.75) is 20.3 Å². The normalized spacial score (nSPS) is 10.9. The molecule has 0 bridgehead atoms. The van der Waals surface area contributed by atoms with Gasteiger partial charge in [-0.05, 0) is 18.1 Å². The maximum Gasteiger partial charge on any atom is 0.263 e. The van der Waals surface area contributed by atoms with Crippen molar-refractivity contribution < 1.29 is 9.53 Å². The Bertz CT molecular complexity index is 671. The fraction of sp³-hybridized carbons (Fsp3) is 0.333. The van der Waals surface area contributed by atoms with Crippen LogP contribution in [0, 0.1) is 5.92 Å². The molecule has 1 aromatic heterocycles. The minimum atomic E-state index is -0.388. The molecule has 0 aliphatic heterocycles. The second kappa shape index (κ2) is 5.26.